The first kappa shape index (κ1) is 25.1. The summed E-state index contributed by atoms with van der Waals surface area (Å²) in [5, 5.41) is 3.16. The van der Waals surface area contributed by atoms with Crippen LogP contribution in [0, 0.1) is 0 Å². The lowest BCUT2D eigenvalue weighted by molar-refractivity contribution is -0.115. The Labute approximate surface area is 199 Å². The molecule has 0 aliphatic heterocycles. The van der Waals surface area contributed by atoms with Gasteiger partial charge in [0.05, 0.1) is 34.0 Å². The van der Waals surface area contributed by atoms with E-state index in [1.807, 2.05) is 19.1 Å². The van der Waals surface area contributed by atoms with E-state index in [9.17, 15) is 13.2 Å². The van der Waals surface area contributed by atoms with Crippen molar-refractivity contribution in [2.45, 2.75) is 48.5 Å². The van der Waals surface area contributed by atoms with Crippen molar-refractivity contribution < 1.29 is 17.9 Å². The van der Waals surface area contributed by atoms with Gasteiger partial charge in [-0.15, -0.1) is 0 Å². The van der Waals surface area contributed by atoms with Crippen molar-refractivity contribution in [2.24, 2.45) is 0 Å². The van der Waals surface area contributed by atoms with Crippen LogP contribution >= 0.6 is 11.8 Å². The molecule has 1 amide bonds. The zero-order valence-corrected chi connectivity index (χ0v) is 21.2. The second-order valence-electron chi connectivity index (χ2n) is 7.79. The Kier molecular flexibility index (Phi) is 8.04. The van der Waals surface area contributed by atoms with Gasteiger partial charge in [-0.05, 0) is 43.7 Å². The zero-order valence-electron chi connectivity index (χ0n) is 19.5. The SMILES string of the molecule is CCCCn1c(SC(C)C(=O)Nc2ccccc2OC)nc2cc(S(=O)(=O)N(C)C)ccc21. The van der Waals surface area contributed by atoms with Crippen molar-refractivity contribution in [1.82, 2.24) is 13.9 Å². The van der Waals surface area contributed by atoms with Gasteiger partial charge in [0, 0.05) is 20.6 Å². The molecule has 1 aromatic heterocycles. The highest BCUT2D eigenvalue weighted by atomic mass is 32.2. The summed E-state index contributed by atoms with van der Waals surface area (Å²) in [4.78, 5) is 17.8. The lowest BCUT2D eigenvalue weighted by atomic mass is 10.3. The van der Waals surface area contributed by atoms with E-state index < -0.39 is 15.3 Å². The number of carbonyl (C=O) groups is 1. The first-order chi connectivity index (χ1) is 15.7. The number of aryl methyl sites for hydroxylation is 1. The number of nitrogens with one attached hydrogen (secondary N) is 1. The van der Waals surface area contributed by atoms with Gasteiger partial charge in [-0.2, -0.15) is 0 Å². The minimum atomic E-state index is -3.57. The monoisotopic (exact) mass is 490 g/mol. The number of sulfonamides is 1. The van der Waals surface area contributed by atoms with E-state index in [0.717, 1.165) is 24.9 Å². The van der Waals surface area contributed by atoms with Gasteiger partial charge in [0.25, 0.3) is 0 Å². The van der Waals surface area contributed by atoms with Gasteiger partial charge >= 0.3 is 0 Å². The molecule has 0 bridgehead atoms. The Bertz CT molecular complexity index is 1240. The quantitative estimate of drug-likeness (QED) is 0.428. The molecular weight excluding hydrogens is 460 g/mol. The van der Waals surface area contributed by atoms with Gasteiger partial charge in [0.15, 0.2) is 5.16 Å². The maximum Gasteiger partial charge on any atom is 0.242 e. The van der Waals surface area contributed by atoms with Crippen LogP contribution in [-0.2, 0) is 21.4 Å². The van der Waals surface area contributed by atoms with E-state index in [2.05, 4.69) is 16.8 Å². The molecule has 0 aliphatic carbocycles. The summed E-state index contributed by atoms with van der Waals surface area (Å²) in [6.07, 6.45) is 1.94. The smallest absolute Gasteiger partial charge is 0.242 e. The first-order valence-corrected chi connectivity index (χ1v) is 13.0. The van der Waals surface area contributed by atoms with E-state index >= 15 is 0 Å². The number of hydrogen-bond acceptors (Lipinski definition) is 6. The summed E-state index contributed by atoms with van der Waals surface area (Å²) in [7, 11) is 1.000. The van der Waals surface area contributed by atoms with Gasteiger partial charge < -0.3 is 14.6 Å². The molecule has 0 fully saturated rings. The van der Waals surface area contributed by atoms with Crippen LogP contribution in [0.15, 0.2) is 52.5 Å². The highest BCUT2D eigenvalue weighted by Crippen LogP contribution is 2.31. The fourth-order valence-electron chi connectivity index (χ4n) is 3.27. The third-order valence-corrected chi connectivity index (χ3v) is 8.12. The highest BCUT2D eigenvalue weighted by molar-refractivity contribution is 8.00. The summed E-state index contributed by atoms with van der Waals surface area (Å²) < 4.78 is 33.7. The van der Waals surface area contributed by atoms with E-state index in [1.54, 1.807) is 37.4 Å². The fraction of sp³-hybridized carbons (Fsp3) is 0.391. The average Bonchev–Trinajstić information content (AvgIpc) is 3.13. The van der Waals surface area contributed by atoms with Crippen molar-refractivity contribution in [1.29, 1.82) is 0 Å². The van der Waals surface area contributed by atoms with Gasteiger partial charge in [0.1, 0.15) is 5.75 Å². The molecule has 0 radical (unpaired) electrons. The summed E-state index contributed by atoms with van der Waals surface area (Å²) in [5.41, 5.74) is 2.05. The molecule has 10 heteroatoms. The number of hydrogen-bond donors (Lipinski definition) is 1. The molecule has 3 rings (SSSR count). The van der Waals surface area contributed by atoms with Crippen molar-refractivity contribution in [3.05, 3.63) is 42.5 Å². The van der Waals surface area contributed by atoms with Crippen LogP contribution in [0.1, 0.15) is 26.7 Å². The van der Waals surface area contributed by atoms with Crippen LogP contribution in [0.3, 0.4) is 0 Å². The van der Waals surface area contributed by atoms with Crippen LogP contribution in [0.2, 0.25) is 0 Å². The van der Waals surface area contributed by atoms with Crippen LogP contribution < -0.4 is 10.1 Å². The Morgan fingerprint density at radius 2 is 1.97 bits per heavy atom. The van der Waals surface area contributed by atoms with Gasteiger partial charge in [-0.3, -0.25) is 4.79 Å². The third kappa shape index (κ3) is 5.51. The molecule has 2 aromatic carbocycles. The molecule has 3 aromatic rings. The molecule has 0 spiro atoms. The maximum absolute atomic E-state index is 12.9. The van der Waals surface area contributed by atoms with Crippen LogP contribution in [0.25, 0.3) is 11.0 Å². The minimum Gasteiger partial charge on any atom is -0.495 e. The molecule has 1 unspecified atom stereocenters. The third-order valence-electron chi connectivity index (χ3n) is 5.21. The van der Waals surface area contributed by atoms with E-state index in [0.29, 0.717) is 22.1 Å². The number of benzene rings is 2. The van der Waals surface area contributed by atoms with E-state index in [-0.39, 0.29) is 10.8 Å². The predicted molar refractivity (Wildman–Crippen MR) is 132 cm³/mol. The van der Waals surface area contributed by atoms with Crippen LogP contribution in [0.4, 0.5) is 5.69 Å². The number of carbonyl (C=O) groups excluding carboxylic acids is 1. The number of ether oxygens (including phenoxy) is 1. The molecule has 0 saturated heterocycles. The molecule has 0 saturated carbocycles. The molecule has 1 atom stereocenters. The summed E-state index contributed by atoms with van der Waals surface area (Å²) in [6, 6.07) is 12.2. The number of unbranched alkanes of at least 4 members (excludes halogenated alkanes) is 1. The summed E-state index contributed by atoms with van der Waals surface area (Å²) in [6.45, 7) is 4.66. The number of anilines is 1. The number of amides is 1. The molecule has 1 heterocycles. The first-order valence-electron chi connectivity index (χ1n) is 10.7. The lowest BCUT2D eigenvalue weighted by Crippen LogP contribution is -2.23. The van der Waals surface area contributed by atoms with Gasteiger partial charge in [0.2, 0.25) is 15.9 Å². The number of para-hydroxylation sites is 2. The second kappa shape index (κ2) is 10.6. The summed E-state index contributed by atoms with van der Waals surface area (Å²) >= 11 is 1.35. The maximum atomic E-state index is 12.9. The number of aromatic nitrogens is 2. The van der Waals surface area contributed by atoms with Crippen LogP contribution in [0.5, 0.6) is 5.75 Å². The lowest BCUT2D eigenvalue weighted by Gasteiger charge is -2.15. The van der Waals surface area contributed by atoms with Crippen molar-refractivity contribution >= 4 is 44.4 Å². The second-order valence-corrected chi connectivity index (χ2v) is 11.2. The minimum absolute atomic E-state index is 0.172. The topological polar surface area (TPSA) is 93.5 Å². The fourth-order valence-corrected chi connectivity index (χ4v) is 5.15. The Balaban J connectivity index is 1.91. The number of thioether (sulfide) groups is 1. The van der Waals surface area contributed by atoms with Crippen molar-refractivity contribution in [3.63, 3.8) is 0 Å². The molecular formula is C23H30N4O4S2. The Hall–Kier alpha value is -2.56. The Morgan fingerprint density at radius 3 is 2.64 bits per heavy atom. The number of methoxy groups -OCH3 is 1. The highest BCUT2D eigenvalue weighted by Gasteiger charge is 2.23. The molecule has 8 nitrogen and oxygen atoms in total. The molecule has 178 valence electrons. The van der Waals surface area contributed by atoms with E-state index in [4.69, 9.17) is 9.72 Å². The van der Waals surface area contributed by atoms with Crippen molar-refractivity contribution in [2.75, 3.05) is 26.5 Å². The van der Waals surface area contributed by atoms with Gasteiger partial charge in [-0.1, -0.05) is 37.2 Å². The van der Waals surface area contributed by atoms with Crippen LogP contribution in [-0.4, -0.2) is 54.6 Å². The number of rotatable bonds is 10. The standard InChI is InChI=1S/C23H30N4O4S2/c1-6-7-14-27-20-13-12-17(33(29,30)26(3)4)15-19(20)25-23(27)32-16(2)22(28)24-18-10-8-9-11-21(18)31-5/h8-13,15-16H,6-7,14H2,1-5H3,(H,24,28). The number of imidazole rings is 1. The van der Waals surface area contributed by atoms with Crippen molar-refractivity contribution in [3.8, 4) is 5.75 Å². The van der Waals surface area contributed by atoms with Gasteiger partial charge in [-0.25, -0.2) is 17.7 Å². The number of nitrogens with zero attached hydrogens (tertiary/aromatic N) is 3. The largest absolute Gasteiger partial charge is 0.495 e. The average molecular weight is 491 g/mol. The predicted octanol–water partition coefficient (Wildman–Crippen LogP) is 4.21. The molecule has 0 aliphatic rings. The molecule has 1 N–H and O–H groups in total. The normalized spacial score (nSPS) is 12.8. The zero-order chi connectivity index (χ0) is 24.2. The Morgan fingerprint density at radius 1 is 1.24 bits per heavy atom. The molecule has 33 heavy (non-hydrogen) atoms. The number of fused-ring (bicyclic) bond motifs is 1. The van der Waals surface area contributed by atoms with E-state index in [1.165, 1.54) is 30.2 Å². The summed E-state index contributed by atoms with van der Waals surface area (Å²) in [5.74, 6) is 0.419.